The van der Waals surface area contributed by atoms with E-state index in [1.165, 1.54) is 37.5 Å². The fourth-order valence-electron chi connectivity index (χ4n) is 3.85. The SMILES string of the molecule is COc1cc(/C=C2\C(=O)NC(=O)N(c3cccc(C)c3C)C2=O)cc(Cl)c1OCc1ccc([N+](=O)[O-])cc1. The molecule has 0 bridgehead atoms. The first kappa shape index (κ1) is 26.4. The number of halogens is 1. The van der Waals surface area contributed by atoms with Crippen LogP contribution >= 0.6 is 11.6 Å². The predicted octanol–water partition coefficient (Wildman–Crippen LogP) is 5.12. The highest BCUT2D eigenvalue weighted by atomic mass is 35.5. The second-order valence-corrected chi connectivity index (χ2v) is 8.83. The zero-order valence-electron chi connectivity index (χ0n) is 20.6. The van der Waals surface area contributed by atoms with Crippen LogP contribution in [0.5, 0.6) is 11.5 Å². The largest absolute Gasteiger partial charge is 0.493 e. The number of amides is 4. The third-order valence-electron chi connectivity index (χ3n) is 6.01. The van der Waals surface area contributed by atoms with Crippen molar-refractivity contribution in [3.63, 3.8) is 0 Å². The summed E-state index contributed by atoms with van der Waals surface area (Å²) < 4.78 is 11.2. The zero-order chi connectivity index (χ0) is 27.6. The zero-order valence-corrected chi connectivity index (χ0v) is 21.4. The Balaban J connectivity index is 1.63. The van der Waals surface area contributed by atoms with E-state index < -0.39 is 22.8 Å². The monoisotopic (exact) mass is 535 g/mol. The van der Waals surface area contributed by atoms with Crippen LogP contribution in [0.4, 0.5) is 16.2 Å². The van der Waals surface area contributed by atoms with Crippen molar-refractivity contribution in [2.24, 2.45) is 0 Å². The summed E-state index contributed by atoms with van der Waals surface area (Å²) in [4.78, 5) is 49.7. The van der Waals surface area contributed by atoms with Gasteiger partial charge in [0.05, 0.1) is 22.7 Å². The van der Waals surface area contributed by atoms with Gasteiger partial charge in [0.15, 0.2) is 11.5 Å². The molecule has 0 radical (unpaired) electrons. The summed E-state index contributed by atoms with van der Waals surface area (Å²) in [7, 11) is 1.40. The first-order valence-electron chi connectivity index (χ1n) is 11.3. The van der Waals surface area contributed by atoms with Gasteiger partial charge in [-0.25, -0.2) is 9.69 Å². The summed E-state index contributed by atoms with van der Waals surface area (Å²) in [5.74, 6) is -1.17. The van der Waals surface area contributed by atoms with Gasteiger partial charge >= 0.3 is 6.03 Å². The third-order valence-corrected chi connectivity index (χ3v) is 6.29. The lowest BCUT2D eigenvalue weighted by atomic mass is 10.0. The van der Waals surface area contributed by atoms with E-state index in [9.17, 15) is 24.5 Å². The van der Waals surface area contributed by atoms with Crippen LogP contribution in [-0.2, 0) is 16.2 Å². The number of hydrogen-bond acceptors (Lipinski definition) is 7. The van der Waals surface area contributed by atoms with E-state index in [2.05, 4.69) is 5.32 Å². The minimum Gasteiger partial charge on any atom is -0.493 e. The molecule has 1 heterocycles. The lowest BCUT2D eigenvalue weighted by molar-refractivity contribution is -0.384. The number of nitro benzene ring substituents is 1. The number of nitrogens with zero attached hydrogens (tertiary/aromatic N) is 2. The van der Waals surface area contributed by atoms with Gasteiger partial charge in [-0.1, -0.05) is 23.7 Å². The number of anilines is 1. The van der Waals surface area contributed by atoms with Crippen LogP contribution in [0.15, 0.2) is 60.2 Å². The van der Waals surface area contributed by atoms with E-state index in [1.807, 2.05) is 13.0 Å². The Kier molecular flexibility index (Phi) is 7.45. The highest BCUT2D eigenvalue weighted by Gasteiger charge is 2.37. The predicted molar refractivity (Wildman–Crippen MR) is 140 cm³/mol. The van der Waals surface area contributed by atoms with Crippen molar-refractivity contribution in [2.45, 2.75) is 20.5 Å². The Morgan fingerprint density at radius 2 is 1.79 bits per heavy atom. The molecule has 0 unspecified atom stereocenters. The van der Waals surface area contributed by atoms with Crippen LogP contribution in [-0.4, -0.2) is 29.9 Å². The number of methoxy groups -OCH3 is 1. The van der Waals surface area contributed by atoms with Gasteiger partial charge in [-0.2, -0.15) is 0 Å². The van der Waals surface area contributed by atoms with E-state index in [-0.39, 0.29) is 34.4 Å². The van der Waals surface area contributed by atoms with Crippen LogP contribution in [0.1, 0.15) is 22.3 Å². The average molecular weight is 536 g/mol. The molecule has 1 N–H and O–H groups in total. The molecule has 3 aromatic carbocycles. The maximum absolute atomic E-state index is 13.3. The number of non-ortho nitro benzene ring substituents is 1. The van der Waals surface area contributed by atoms with Crippen molar-refractivity contribution in [1.82, 2.24) is 5.32 Å². The van der Waals surface area contributed by atoms with E-state index in [0.29, 0.717) is 16.8 Å². The Morgan fingerprint density at radius 1 is 1.08 bits per heavy atom. The van der Waals surface area contributed by atoms with Crippen LogP contribution < -0.4 is 19.7 Å². The van der Waals surface area contributed by atoms with E-state index in [0.717, 1.165) is 16.0 Å². The van der Waals surface area contributed by atoms with Gasteiger partial charge in [0.1, 0.15) is 12.2 Å². The van der Waals surface area contributed by atoms with Crippen LogP contribution in [0.2, 0.25) is 5.02 Å². The van der Waals surface area contributed by atoms with Gasteiger partial charge in [0, 0.05) is 12.1 Å². The number of rotatable bonds is 7. The summed E-state index contributed by atoms with van der Waals surface area (Å²) in [6, 6.07) is 13.2. The van der Waals surface area contributed by atoms with Gasteiger partial charge in [-0.05, 0) is 72.5 Å². The number of aryl methyl sites for hydroxylation is 1. The van der Waals surface area contributed by atoms with Gasteiger partial charge < -0.3 is 9.47 Å². The number of nitro groups is 1. The fraction of sp³-hybridized carbons (Fsp3) is 0.148. The van der Waals surface area contributed by atoms with Gasteiger partial charge in [-0.3, -0.25) is 25.0 Å². The van der Waals surface area contributed by atoms with Crippen molar-refractivity contribution < 1.29 is 28.8 Å². The number of benzene rings is 3. The van der Waals surface area contributed by atoms with Crippen molar-refractivity contribution in [1.29, 1.82) is 0 Å². The number of hydrogen-bond donors (Lipinski definition) is 1. The molecule has 0 spiro atoms. The van der Waals surface area contributed by atoms with Crippen molar-refractivity contribution >= 4 is 46.9 Å². The van der Waals surface area contributed by atoms with Crippen molar-refractivity contribution in [3.8, 4) is 11.5 Å². The molecular formula is C27H22ClN3O7. The number of urea groups is 1. The highest BCUT2D eigenvalue weighted by Crippen LogP contribution is 2.38. The molecule has 3 aromatic rings. The first-order valence-corrected chi connectivity index (χ1v) is 11.7. The molecule has 4 rings (SSSR count). The fourth-order valence-corrected chi connectivity index (χ4v) is 4.13. The van der Waals surface area contributed by atoms with E-state index in [1.54, 1.807) is 31.2 Å². The maximum Gasteiger partial charge on any atom is 0.335 e. The summed E-state index contributed by atoms with van der Waals surface area (Å²) in [5.41, 5.74) is 2.71. The highest BCUT2D eigenvalue weighted by molar-refractivity contribution is 6.39. The number of ether oxygens (including phenoxy) is 2. The van der Waals surface area contributed by atoms with E-state index >= 15 is 0 Å². The molecule has 0 aromatic heterocycles. The van der Waals surface area contributed by atoms with Gasteiger partial charge in [-0.15, -0.1) is 0 Å². The van der Waals surface area contributed by atoms with Crippen LogP contribution in [0, 0.1) is 24.0 Å². The number of barbiturate groups is 1. The Hall–Kier alpha value is -4.70. The van der Waals surface area contributed by atoms with E-state index in [4.69, 9.17) is 21.1 Å². The van der Waals surface area contributed by atoms with Gasteiger partial charge in [0.25, 0.3) is 17.5 Å². The molecule has 1 fully saturated rings. The quantitative estimate of drug-likeness (QED) is 0.192. The number of carbonyl (C=O) groups excluding carboxylic acids is 3. The molecule has 0 aliphatic carbocycles. The summed E-state index contributed by atoms with van der Waals surface area (Å²) in [6.45, 7) is 3.69. The summed E-state index contributed by atoms with van der Waals surface area (Å²) in [6.07, 6.45) is 1.32. The van der Waals surface area contributed by atoms with Gasteiger partial charge in [0.2, 0.25) is 0 Å². The summed E-state index contributed by atoms with van der Waals surface area (Å²) >= 11 is 6.45. The molecule has 0 saturated carbocycles. The smallest absolute Gasteiger partial charge is 0.335 e. The average Bonchev–Trinajstić information content (AvgIpc) is 2.88. The summed E-state index contributed by atoms with van der Waals surface area (Å²) in [5, 5.41) is 13.2. The molecule has 38 heavy (non-hydrogen) atoms. The normalized spacial score (nSPS) is 14.5. The minimum atomic E-state index is -0.838. The van der Waals surface area contributed by atoms with Crippen molar-refractivity contribution in [2.75, 3.05) is 12.0 Å². The Bertz CT molecular complexity index is 1500. The molecule has 194 valence electrons. The molecule has 10 nitrogen and oxygen atoms in total. The van der Waals surface area contributed by atoms with Crippen molar-refractivity contribution in [3.05, 3.63) is 97.6 Å². The maximum atomic E-state index is 13.3. The Morgan fingerprint density at radius 3 is 2.45 bits per heavy atom. The lowest BCUT2D eigenvalue weighted by Gasteiger charge is -2.28. The lowest BCUT2D eigenvalue weighted by Crippen LogP contribution is -2.54. The molecule has 1 aliphatic heterocycles. The first-order chi connectivity index (χ1) is 18.1. The molecule has 0 atom stereocenters. The third kappa shape index (κ3) is 5.21. The molecule has 4 amide bonds. The second kappa shape index (κ2) is 10.7. The molecule has 11 heteroatoms. The topological polar surface area (TPSA) is 128 Å². The molecular weight excluding hydrogens is 514 g/mol. The number of carbonyl (C=O) groups is 3. The molecule has 1 saturated heterocycles. The number of nitrogens with one attached hydrogen (secondary N) is 1. The second-order valence-electron chi connectivity index (χ2n) is 8.42. The number of imide groups is 2. The van der Waals surface area contributed by atoms with Crippen LogP contribution in [0.25, 0.3) is 6.08 Å². The van der Waals surface area contributed by atoms with Crippen LogP contribution in [0.3, 0.4) is 0 Å². The minimum absolute atomic E-state index is 0.0409. The Labute approximate surface area is 222 Å². The standard InChI is InChI=1S/C27H22ClN3O7/c1-15-5-4-6-22(16(15)2)30-26(33)20(25(32)29-27(30)34)11-18-12-21(28)24(23(13-18)37-3)38-14-17-7-9-19(10-8-17)31(35)36/h4-13H,14H2,1-3H3,(H,29,32,34)/b20-11+. The molecule has 1 aliphatic rings.